The lowest BCUT2D eigenvalue weighted by Crippen LogP contribution is -2.49. The molecule has 0 aromatic heterocycles. The van der Waals surface area contributed by atoms with E-state index in [1.54, 1.807) is 0 Å². The molecular weight excluding hydrogens is 164 g/mol. The monoisotopic (exact) mass is 186 g/mol. The van der Waals surface area contributed by atoms with E-state index in [0.717, 1.165) is 32.2 Å². The van der Waals surface area contributed by atoms with Crippen molar-refractivity contribution in [3.8, 4) is 0 Å². The first-order valence-electron chi connectivity index (χ1n) is 5.27. The van der Waals surface area contributed by atoms with Crippen LogP contribution in [0.15, 0.2) is 0 Å². The van der Waals surface area contributed by atoms with E-state index in [9.17, 15) is 0 Å². The minimum absolute atomic E-state index is 0.582. The Morgan fingerprint density at radius 3 is 2.38 bits per heavy atom. The molecule has 0 aromatic carbocycles. The fraction of sp³-hybridized carbons (Fsp3) is 1.00. The van der Waals surface area contributed by atoms with Crippen molar-refractivity contribution in [3.05, 3.63) is 0 Å². The Morgan fingerprint density at radius 2 is 1.85 bits per heavy atom. The average molecular weight is 186 g/mol. The number of hydrogen-bond donors (Lipinski definition) is 1. The molecule has 0 bridgehead atoms. The highest BCUT2D eigenvalue weighted by Crippen LogP contribution is 2.05. The Labute approximate surface area is 81.4 Å². The van der Waals surface area contributed by atoms with Gasteiger partial charge in [0.05, 0.1) is 13.2 Å². The molecule has 3 nitrogen and oxygen atoms in total. The van der Waals surface area contributed by atoms with E-state index in [4.69, 9.17) is 4.74 Å². The van der Waals surface area contributed by atoms with Crippen LogP contribution in [0.5, 0.6) is 0 Å². The molecule has 1 rings (SSSR count). The van der Waals surface area contributed by atoms with Gasteiger partial charge in [-0.05, 0) is 19.3 Å². The summed E-state index contributed by atoms with van der Waals surface area (Å²) in [5.41, 5.74) is 3.50. The van der Waals surface area contributed by atoms with E-state index >= 15 is 0 Å². The van der Waals surface area contributed by atoms with Crippen molar-refractivity contribution in [2.45, 2.75) is 33.2 Å². The molecule has 78 valence electrons. The van der Waals surface area contributed by atoms with Crippen LogP contribution in [0.4, 0.5) is 0 Å². The average Bonchev–Trinajstić information content (AvgIpc) is 2.04. The molecule has 0 spiro atoms. The molecule has 1 unspecified atom stereocenters. The van der Waals surface area contributed by atoms with Crippen molar-refractivity contribution in [2.75, 3.05) is 26.3 Å². The van der Waals surface area contributed by atoms with Crippen molar-refractivity contribution in [3.63, 3.8) is 0 Å². The van der Waals surface area contributed by atoms with Crippen LogP contribution in [-0.4, -0.2) is 37.4 Å². The summed E-state index contributed by atoms with van der Waals surface area (Å²) in [6, 6.07) is 0.582. The van der Waals surface area contributed by atoms with Gasteiger partial charge in [-0.15, -0.1) is 0 Å². The lowest BCUT2D eigenvalue weighted by Gasteiger charge is -2.30. The molecule has 0 saturated carbocycles. The number of nitrogens with one attached hydrogen (secondary N) is 1. The lowest BCUT2D eigenvalue weighted by atomic mass is 10.1. The van der Waals surface area contributed by atoms with Gasteiger partial charge in [0.25, 0.3) is 0 Å². The molecule has 1 fully saturated rings. The summed E-state index contributed by atoms with van der Waals surface area (Å²) in [7, 11) is 0. The molecular formula is C10H22N2O. The van der Waals surface area contributed by atoms with E-state index in [2.05, 4.69) is 31.2 Å². The van der Waals surface area contributed by atoms with Crippen molar-refractivity contribution in [1.82, 2.24) is 10.4 Å². The zero-order valence-corrected chi connectivity index (χ0v) is 9.05. The maximum Gasteiger partial charge on any atom is 0.0608 e. The Hall–Kier alpha value is -0.120. The second kappa shape index (κ2) is 5.58. The van der Waals surface area contributed by atoms with Crippen molar-refractivity contribution >= 4 is 0 Å². The number of hydrazine groups is 1. The van der Waals surface area contributed by atoms with Crippen molar-refractivity contribution < 1.29 is 4.74 Å². The van der Waals surface area contributed by atoms with E-state index in [0.29, 0.717) is 6.04 Å². The first kappa shape index (κ1) is 11.0. The summed E-state index contributed by atoms with van der Waals surface area (Å²) in [5.74, 6) is 0.767. The van der Waals surface area contributed by atoms with Crippen LogP contribution in [-0.2, 0) is 4.74 Å². The summed E-state index contributed by atoms with van der Waals surface area (Å²) in [5, 5.41) is 2.27. The maximum absolute atomic E-state index is 5.28. The third-order valence-electron chi connectivity index (χ3n) is 2.24. The molecule has 1 N–H and O–H groups in total. The molecule has 1 atom stereocenters. The Kier molecular flexibility index (Phi) is 4.70. The highest BCUT2D eigenvalue weighted by molar-refractivity contribution is 4.64. The molecule has 1 heterocycles. The first-order valence-corrected chi connectivity index (χ1v) is 5.27. The predicted molar refractivity (Wildman–Crippen MR) is 54.4 cm³/mol. The summed E-state index contributed by atoms with van der Waals surface area (Å²) in [4.78, 5) is 0. The minimum atomic E-state index is 0.582. The van der Waals surface area contributed by atoms with Gasteiger partial charge in [-0.3, -0.25) is 5.43 Å². The van der Waals surface area contributed by atoms with Gasteiger partial charge in [0.1, 0.15) is 0 Å². The van der Waals surface area contributed by atoms with Crippen LogP contribution in [0.3, 0.4) is 0 Å². The molecule has 1 saturated heterocycles. The molecule has 1 aliphatic heterocycles. The Balaban J connectivity index is 2.14. The number of morpholine rings is 1. The van der Waals surface area contributed by atoms with E-state index in [-0.39, 0.29) is 0 Å². The molecule has 0 radical (unpaired) electrons. The van der Waals surface area contributed by atoms with Gasteiger partial charge in [0, 0.05) is 19.1 Å². The lowest BCUT2D eigenvalue weighted by molar-refractivity contribution is 0.00353. The van der Waals surface area contributed by atoms with Gasteiger partial charge in [0.2, 0.25) is 0 Å². The molecule has 0 aliphatic carbocycles. The standard InChI is InChI=1S/C10H22N2O/c1-9(2)8-10(3)11-12-4-6-13-7-5-12/h9-11H,4-8H2,1-3H3. The van der Waals surface area contributed by atoms with E-state index in [1.807, 2.05) is 0 Å². The topological polar surface area (TPSA) is 24.5 Å². The molecule has 0 aromatic rings. The van der Waals surface area contributed by atoms with Gasteiger partial charge in [-0.1, -0.05) is 13.8 Å². The third-order valence-corrected chi connectivity index (χ3v) is 2.24. The Bertz CT molecular complexity index is 133. The quantitative estimate of drug-likeness (QED) is 0.715. The van der Waals surface area contributed by atoms with Crippen LogP contribution >= 0.6 is 0 Å². The zero-order chi connectivity index (χ0) is 9.68. The molecule has 13 heavy (non-hydrogen) atoms. The Morgan fingerprint density at radius 1 is 1.23 bits per heavy atom. The number of hydrogen-bond acceptors (Lipinski definition) is 3. The zero-order valence-electron chi connectivity index (χ0n) is 9.05. The summed E-state index contributed by atoms with van der Waals surface area (Å²) in [6.07, 6.45) is 1.23. The highest BCUT2D eigenvalue weighted by Gasteiger charge is 2.13. The summed E-state index contributed by atoms with van der Waals surface area (Å²) in [6.45, 7) is 10.5. The normalized spacial score (nSPS) is 22.2. The maximum atomic E-state index is 5.28. The number of nitrogens with zero attached hydrogens (tertiary/aromatic N) is 1. The smallest absolute Gasteiger partial charge is 0.0608 e. The number of ether oxygens (including phenoxy) is 1. The second-order valence-electron chi connectivity index (χ2n) is 4.26. The van der Waals surface area contributed by atoms with Gasteiger partial charge in [-0.25, -0.2) is 5.01 Å². The van der Waals surface area contributed by atoms with Gasteiger partial charge < -0.3 is 4.74 Å². The summed E-state index contributed by atoms with van der Waals surface area (Å²) >= 11 is 0. The largest absolute Gasteiger partial charge is 0.379 e. The summed E-state index contributed by atoms with van der Waals surface area (Å²) < 4.78 is 5.28. The SMILES string of the molecule is CC(C)CC(C)NN1CCOCC1. The predicted octanol–water partition coefficient (Wildman–Crippen LogP) is 1.26. The minimum Gasteiger partial charge on any atom is -0.379 e. The number of rotatable bonds is 4. The first-order chi connectivity index (χ1) is 6.18. The fourth-order valence-electron chi connectivity index (χ4n) is 1.76. The van der Waals surface area contributed by atoms with Crippen LogP contribution in [0.25, 0.3) is 0 Å². The second-order valence-corrected chi connectivity index (χ2v) is 4.26. The molecule has 1 aliphatic rings. The molecule has 3 heteroatoms. The third kappa shape index (κ3) is 4.60. The highest BCUT2D eigenvalue weighted by atomic mass is 16.5. The van der Waals surface area contributed by atoms with E-state index < -0.39 is 0 Å². The van der Waals surface area contributed by atoms with Crippen LogP contribution in [0.2, 0.25) is 0 Å². The van der Waals surface area contributed by atoms with Gasteiger partial charge >= 0.3 is 0 Å². The fourth-order valence-corrected chi connectivity index (χ4v) is 1.76. The van der Waals surface area contributed by atoms with Crippen molar-refractivity contribution in [2.24, 2.45) is 5.92 Å². The van der Waals surface area contributed by atoms with Gasteiger partial charge in [0.15, 0.2) is 0 Å². The van der Waals surface area contributed by atoms with Crippen LogP contribution < -0.4 is 5.43 Å². The van der Waals surface area contributed by atoms with Crippen LogP contribution in [0, 0.1) is 5.92 Å². The van der Waals surface area contributed by atoms with Gasteiger partial charge in [-0.2, -0.15) is 0 Å². The van der Waals surface area contributed by atoms with E-state index in [1.165, 1.54) is 6.42 Å². The molecule has 0 amide bonds. The van der Waals surface area contributed by atoms with Crippen LogP contribution in [0.1, 0.15) is 27.2 Å². The van der Waals surface area contributed by atoms with Crippen molar-refractivity contribution in [1.29, 1.82) is 0 Å².